The van der Waals surface area contributed by atoms with Crippen LogP contribution in [0.4, 0.5) is 13.2 Å². The fourth-order valence-electron chi connectivity index (χ4n) is 12.2. The zero-order chi connectivity index (χ0) is 28.3. The van der Waals surface area contributed by atoms with E-state index in [2.05, 4.69) is 34.3 Å². The summed E-state index contributed by atoms with van der Waals surface area (Å²) < 4.78 is 48.2. The van der Waals surface area contributed by atoms with Crippen molar-refractivity contribution >= 4 is 5.97 Å². The van der Waals surface area contributed by atoms with Gasteiger partial charge in [0.1, 0.15) is 0 Å². The van der Waals surface area contributed by atoms with Gasteiger partial charge in [0.15, 0.2) is 5.60 Å². The van der Waals surface area contributed by atoms with Gasteiger partial charge in [-0.05, 0) is 117 Å². The lowest BCUT2D eigenvalue weighted by atomic mass is 9.31. The zero-order valence-corrected chi connectivity index (χ0v) is 24.6. The summed E-state index contributed by atoms with van der Waals surface area (Å²) in [6.07, 6.45) is 2.70. The maximum Gasteiger partial charge on any atom is 0.417 e. The number of rotatable bonds is 2. The third-order valence-corrected chi connectivity index (χ3v) is 14.4. The Hall–Kier alpha value is -1.04. The predicted octanol–water partition coefficient (Wildman–Crippen LogP) is 8.11. The number of alkyl halides is 3. The molecule has 0 heterocycles. The van der Waals surface area contributed by atoms with Gasteiger partial charge in [0.05, 0.1) is 12.5 Å². The molecule has 5 aliphatic carbocycles. The summed E-state index contributed by atoms with van der Waals surface area (Å²) in [6.45, 7) is 16.9. The first-order chi connectivity index (χ1) is 17.4. The normalized spacial score (nSPS) is 51.7. The maximum absolute atomic E-state index is 14.3. The molecule has 38 heavy (non-hydrogen) atoms. The first kappa shape index (κ1) is 28.5. The number of aliphatic hydroxyl groups is 1. The van der Waals surface area contributed by atoms with Crippen molar-refractivity contribution in [1.82, 2.24) is 0 Å². The van der Waals surface area contributed by atoms with Crippen molar-refractivity contribution in [2.24, 2.45) is 56.7 Å². The molecule has 216 valence electrons. The highest BCUT2D eigenvalue weighted by molar-refractivity contribution is 5.78. The number of methoxy groups -OCH3 is 1. The van der Waals surface area contributed by atoms with Gasteiger partial charge in [-0.2, -0.15) is 13.2 Å². The highest BCUT2D eigenvalue weighted by Crippen LogP contribution is 2.78. The third-order valence-electron chi connectivity index (χ3n) is 14.4. The quantitative estimate of drug-likeness (QED) is 0.285. The van der Waals surface area contributed by atoms with E-state index >= 15 is 0 Å². The van der Waals surface area contributed by atoms with Crippen LogP contribution in [0.3, 0.4) is 0 Å². The van der Waals surface area contributed by atoms with E-state index in [4.69, 9.17) is 4.74 Å². The van der Waals surface area contributed by atoms with E-state index in [1.807, 2.05) is 0 Å². The van der Waals surface area contributed by atoms with Crippen molar-refractivity contribution < 1.29 is 27.8 Å². The van der Waals surface area contributed by atoms with Crippen LogP contribution in [0.5, 0.6) is 0 Å². The van der Waals surface area contributed by atoms with Crippen LogP contribution < -0.4 is 0 Å². The Morgan fingerprint density at radius 1 is 0.868 bits per heavy atom. The largest absolute Gasteiger partial charge is 0.469 e. The van der Waals surface area contributed by atoms with Gasteiger partial charge in [0, 0.05) is 5.41 Å². The number of hydrogen-bond acceptors (Lipinski definition) is 3. The molecular formula is C32H49F3O3. The van der Waals surface area contributed by atoms with E-state index < -0.39 is 22.6 Å². The standard InChI is InChI=1S/C32H49F3O3/c1-19(2)20-11-14-30(25(36)38-8)17-16-28(6)21(24(20)30)9-10-23-27(5)15-18-31(37,32(33,34)35)26(3,4)22(27)12-13-29(23,28)7/h20-24,37H,1,9-18H2,2-8H3/t20-,21+,22-,23+,24+,27-,28+,29+,30-,31-/m0/s1. The van der Waals surface area contributed by atoms with Crippen LogP contribution in [0, 0.1) is 56.7 Å². The molecule has 0 aliphatic heterocycles. The monoisotopic (exact) mass is 538 g/mol. The molecule has 0 spiro atoms. The second-order valence-electron chi connectivity index (χ2n) is 15.4. The van der Waals surface area contributed by atoms with E-state index in [0.29, 0.717) is 30.6 Å². The molecule has 0 amide bonds. The van der Waals surface area contributed by atoms with Crippen molar-refractivity contribution in [2.75, 3.05) is 7.11 Å². The highest BCUT2D eigenvalue weighted by Gasteiger charge is 2.75. The van der Waals surface area contributed by atoms with E-state index in [1.54, 1.807) is 13.8 Å². The van der Waals surface area contributed by atoms with E-state index in [9.17, 15) is 23.1 Å². The molecule has 0 aromatic heterocycles. The Balaban J connectivity index is 1.55. The van der Waals surface area contributed by atoms with Crippen molar-refractivity contribution in [3.63, 3.8) is 0 Å². The number of esters is 1. The smallest absolute Gasteiger partial charge is 0.417 e. The van der Waals surface area contributed by atoms with Crippen LogP contribution >= 0.6 is 0 Å². The molecule has 5 aliphatic rings. The number of allylic oxidation sites excluding steroid dienone is 1. The summed E-state index contributed by atoms with van der Waals surface area (Å²) in [4.78, 5) is 13.4. The summed E-state index contributed by atoms with van der Waals surface area (Å²) in [5, 5.41) is 11.1. The first-order valence-corrected chi connectivity index (χ1v) is 14.9. The number of carbonyl (C=O) groups excluding carboxylic acids is 1. The predicted molar refractivity (Wildman–Crippen MR) is 142 cm³/mol. The third kappa shape index (κ3) is 3.16. The molecule has 0 saturated heterocycles. The minimum atomic E-state index is -4.64. The second kappa shape index (κ2) is 8.26. The van der Waals surface area contributed by atoms with Crippen molar-refractivity contribution in [2.45, 2.75) is 118 Å². The molecule has 1 N–H and O–H groups in total. The van der Waals surface area contributed by atoms with Crippen molar-refractivity contribution in [1.29, 1.82) is 0 Å². The number of hydrogen-bond donors (Lipinski definition) is 1. The number of carbonyl (C=O) groups is 1. The molecule has 3 nitrogen and oxygen atoms in total. The van der Waals surface area contributed by atoms with Gasteiger partial charge in [-0.15, -0.1) is 0 Å². The number of halogens is 3. The Labute approximate surface area is 227 Å². The maximum atomic E-state index is 14.3. The molecule has 10 atom stereocenters. The van der Waals surface area contributed by atoms with Crippen molar-refractivity contribution in [3.8, 4) is 0 Å². The Bertz CT molecular complexity index is 1020. The molecule has 0 bridgehead atoms. The fourth-order valence-corrected chi connectivity index (χ4v) is 12.2. The lowest BCUT2D eigenvalue weighted by Gasteiger charge is -2.73. The summed E-state index contributed by atoms with van der Waals surface area (Å²) in [5.74, 6) is 0.929. The molecule has 5 rings (SSSR count). The van der Waals surface area contributed by atoms with Gasteiger partial charge in [0.25, 0.3) is 0 Å². The van der Waals surface area contributed by atoms with E-state index in [0.717, 1.165) is 50.5 Å². The first-order valence-electron chi connectivity index (χ1n) is 14.9. The van der Waals surface area contributed by atoms with Crippen molar-refractivity contribution in [3.05, 3.63) is 12.2 Å². The summed E-state index contributed by atoms with van der Waals surface area (Å²) in [7, 11) is 1.52. The molecule has 5 fully saturated rings. The number of fused-ring (bicyclic) bond motifs is 7. The van der Waals surface area contributed by atoms with Crippen LogP contribution in [0.25, 0.3) is 0 Å². The minimum Gasteiger partial charge on any atom is -0.469 e. The van der Waals surface area contributed by atoms with Gasteiger partial charge in [-0.1, -0.05) is 46.8 Å². The van der Waals surface area contributed by atoms with Gasteiger partial charge in [-0.3, -0.25) is 4.79 Å². The summed E-state index contributed by atoms with van der Waals surface area (Å²) in [6, 6.07) is 0. The SMILES string of the molecule is C=C(C)[C@@H]1CC[C@]2(C(=O)OC)CC[C@]3(C)[C@H](CC[C@@H]4[C@@]5(C)CC[C@@](O)(C(F)(F)F)C(C)(C)[C@@H]5CC[C@]43C)[C@@H]12. The Morgan fingerprint density at radius 2 is 1.53 bits per heavy atom. The van der Waals surface area contributed by atoms with Crippen LogP contribution in [-0.2, 0) is 9.53 Å². The Morgan fingerprint density at radius 3 is 2.11 bits per heavy atom. The molecular weight excluding hydrogens is 489 g/mol. The fraction of sp³-hybridized carbons (Fsp3) is 0.906. The molecule has 6 heteroatoms. The summed E-state index contributed by atoms with van der Waals surface area (Å²) >= 11 is 0. The molecule has 0 aromatic rings. The summed E-state index contributed by atoms with van der Waals surface area (Å²) in [5.41, 5.74) is -3.48. The second-order valence-corrected chi connectivity index (χ2v) is 15.4. The highest BCUT2D eigenvalue weighted by atomic mass is 19.4. The molecule has 0 radical (unpaired) electrons. The van der Waals surface area contributed by atoms with E-state index in [-0.39, 0.29) is 40.5 Å². The molecule has 0 aromatic carbocycles. The van der Waals surface area contributed by atoms with Gasteiger partial charge >= 0.3 is 12.1 Å². The topological polar surface area (TPSA) is 46.5 Å². The van der Waals surface area contributed by atoms with E-state index in [1.165, 1.54) is 7.11 Å². The molecule has 0 unspecified atom stereocenters. The van der Waals surface area contributed by atoms with Gasteiger partial charge in [0.2, 0.25) is 0 Å². The van der Waals surface area contributed by atoms with Gasteiger partial charge in [-0.25, -0.2) is 0 Å². The average molecular weight is 539 g/mol. The van der Waals surface area contributed by atoms with Crippen LogP contribution in [-0.4, -0.2) is 30.0 Å². The van der Waals surface area contributed by atoms with Crippen LogP contribution in [0.15, 0.2) is 12.2 Å². The zero-order valence-electron chi connectivity index (χ0n) is 24.6. The molecule has 5 saturated carbocycles. The van der Waals surface area contributed by atoms with Crippen LogP contribution in [0.2, 0.25) is 0 Å². The lowest BCUT2D eigenvalue weighted by Crippen LogP contribution is -2.70. The minimum absolute atomic E-state index is 0.00789. The van der Waals surface area contributed by atoms with Gasteiger partial charge < -0.3 is 9.84 Å². The number of ether oxygens (including phenoxy) is 1. The van der Waals surface area contributed by atoms with Crippen LogP contribution in [0.1, 0.15) is 106 Å². The average Bonchev–Trinajstić information content (AvgIpc) is 3.22. The lowest BCUT2D eigenvalue weighted by molar-refractivity contribution is -0.345. The Kier molecular flexibility index (Phi) is 6.19.